The van der Waals surface area contributed by atoms with Crippen LogP contribution in [0.25, 0.3) is 11.3 Å². The van der Waals surface area contributed by atoms with Crippen LogP contribution in [-0.2, 0) is 11.3 Å². The summed E-state index contributed by atoms with van der Waals surface area (Å²) in [5, 5.41) is 3.08. The van der Waals surface area contributed by atoms with E-state index in [-0.39, 0.29) is 19.1 Å². The number of thiazole rings is 1. The maximum Gasteiger partial charge on any atom is 0.267 e. The van der Waals surface area contributed by atoms with Crippen LogP contribution in [0, 0.1) is 0 Å². The molecule has 0 N–H and O–H groups in total. The number of furan rings is 1. The molecule has 0 bridgehead atoms. The van der Waals surface area contributed by atoms with Gasteiger partial charge >= 0.3 is 0 Å². The number of hydrogen-bond donors (Lipinski definition) is 0. The molecule has 0 radical (unpaired) electrons. The molecule has 8 heteroatoms. The van der Waals surface area contributed by atoms with E-state index in [1.807, 2.05) is 35.7 Å². The lowest BCUT2D eigenvalue weighted by Crippen LogP contribution is -2.34. The van der Waals surface area contributed by atoms with Gasteiger partial charge in [-0.3, -0.25) is 9.69 Å². The van der Waals surface area contributed by atoms with Crippen LogP contribution in [0.2, 0.25) is 5.02 Å². The van der Waals surface area contributed by atoms with Crippen molar-refractivity contribution in [2.24, 2.45) is 0 Å². The highest BCUT2D eigenvalue weighted by Crippen LogP contribution is 2.30. The van der Waals surface area contributed by atoms with E-state index in [0.29, 0.717) is 21.7 Å². The van der Waals surface area contributed by atoms with Crippen LogP contribution in [0.1, 0.15) is 5.76 Å². The second-order valence-corrected chi connectivity index (χ2v) is 7.82. The van der Waals surface area contributed by atoms with Gasteiger partial charge in [-0.15, -0.1) is 11.3 Å². The molecule has 6 nitrogen and oxygen atoms in total. The fourth-order valence-electron chi connectivity index (χ4n) is 2.86. The molecule has 2 aromatic heterocycles. The molecule has 2 aromatic carbocycles. The van der Waals surface area contributed by atoms with Gasteiger partial charge in [0.25, 0.3) is 5.91 Å². The standard InChI is InChI=1S/C23H19ClN2O4S/c1-28-18-8-4-16(5-9-18)21-15-31-23(25-21)26(13-20-3-2-12-29-20)22(27)14-30-19-10-6-17(24)7-11-19/h2-12,15H,13-14H2,1H3. The predicted octanol–water partition coefficient (Wildman–Crippen LogP) is 5.68. The van der Waals surface area contributed by atoms with Crippen molar-refractivity contribution >= 4 is 34.0 Å². The first-order chi connectivity index (χ1) is 15.1. The molecule has 158 valence electrons. The maximum atomic E-state index is 13.0. The number of nitrogens with zero attached hydrogens (tertiary/aromatic N) is 2. The lowest BCUT2D eigenvalue weighted by atomic mass is 10.2. The average molecular weight is 455 g/mol. The highest BCUT2D eigenvalue weighted by molar-refractivity contribution is 7.14. The van der Waals surface area contributed by atoms with Crippen LogP contribution in [-0.4, -0.2) is 24.6 Å². The Morgan fingerprint density at radius 1 is 1.10 bits per heavy atom. The number of ether oxygens (including phenoxy) is 2. The minimum absolute atomic E-state index is 0.139. The minimum Gasteiger partial charge on any atom is -0.497 e. The van der Waals surface area contributed by atoms with E-state index in [4.69, 9.17) is 25.5 Å². The summed E-state index contributed by atoms with van der Waals surface area (Å²) < 4.78 is 16.3. The van der Waals surface area contributed by atoms with Crippen molar-refractivity contribution in [1.82, 2.24) is 4.98 Å². The van der Waals surface area contributed by atoms with Gasteiger partial charge < -0.3 is 13.9 Å². The van der Waals surface area contributed by atoms with Crippen LogP contribution >= 0.6 is 22.9 Å². The molecule has 0 aliphatic carbocycles. The van der Waals surface area contributed by atoms with Gasteiger partial charge in [-0.25, -0.2) is 4.98 Å². The van der Waals surface area contributed by atoms with E-state index in [1.165, 1.54) is 11.3 Å². The van der Waals surface area contributed by atoms with Crippen molar-refractivity contribution in [1.29, 1.82) is 0 Å². The first-order valence-electron chi connectivity index (χ1n) is 9.43. The van der Waals surface area contributed by atoms with E-state index >= 15 is 0 Å². The predicted molar refractivity (Wildman–Crippen MR) is 121 cm³/mol. The van der Waals surface area contributed by atoms with E-state index < -0.39 is 0 Å². The monoisotopic (exact) mass is 454 g/mol. The summed E-state index contributed by atoms with van der Waals surface area (Å²) >= 11 is 7.28. The van der Waals surface area contributed by atoms with E-state index in [0.717, 1.165) is 17.0 Å². The topological polar surface area (TPSA) is 64.8 Å². The van der Waals surface area contributed by atoms with Crippen molar-refractivity contribution in [2.75, 3.05) is 18.6 Å². The summed E-state index contributed by atoms with van der Waals surface area (Å²) in [5.41, 5.74) is 1.71. The molecule has 4 rings (SSSR count). The number of amides is 1. The molecule has 0 atom stereocenters. The number of aromatic nitrogens is 1. The molecular weight excluding hydrogens is 436 g/mol. The Labute approximate surface area is 188 Å². The zero-order chi connectivity index (χ0) is 21.6. The van der Waals surface area contributed by atoms with Crippen LogP contribution in [0.15, 0.2) is 76.7 Å². The molecule has 0 unspecified atom stereocenters. The molecule has 0 fully saturated rings. The quantitative estimate of drug-likeness (QED) is 0.343. The second kappa shape index (κ2) is 9.68. The normalized spacial score (nSPS) is 10.6. The minimum atomic E-state index is -0.234. The van der Waals surface area contributed by atoms with Crippen molar-refractivity contribution in [2.45, 2.75) is 6.54 Å². The number of methoxy groups -OCH3 is 1. The molecule has 4 aromatic rings. The fraction of sp³-hybridized carbons (Fsp3) is 0.130. The summed E-state index contributed by atoms with van der Waals surface area (Å²) in [6.45, 7) is 0.116. The fourth-order valence-corrected chi connectivity index (χ4v) is 3.83. The second-order valence-electron chi connectivity index (χ2n) is 6.55. The van der Waals surface area contributed by atoms with E-state index in [2.05, 4.69) is 4.98 Å². The van der Waals surface area contributed by atoms with E-state index in [9.17, 15) is 4.79 Å². The lowest BCUT2D eigenvalue weighted by molar-refractivity contribution is -0.120. The first-order valence-corrected chi connectivity index (χ1v) is 10.7. The number of carbonyl (C=O) groups excluding carboxylic acids is 1. The molecule has 0 saturated carbocycles. The molecule has 2 heterocycles. The Morgan fingerprint density at radius 3 is 2.52 bits per heavy atom. The molecule has 0 aliphatic heterocycles. The zero-order valence-corrected chi connectivity index (χ0v) is 18.2. The van der Waals surface area contributed by atoms with Crippen molar-refractivity contribution in [3.8, 4) is 22.8 Å². The molecule has 0 saturated heterocycles. The lowest BCUT2D eigenvalue weighted by Gasteiger charge is -2.19. The molecule has 1 amide bonds. The van der Waals surface area contributed by atoms with Gasteiger partial charge in [-0.1, -0.05) is 11.6 Å². The van der Waals surface area contributed by atoms with Gasteiger partial charge in [0.1, 0.15) is 17.3 Å². The van der Waals surface area contributed by atoms with E-state index in [1.54, 1.807) is 48.6 Å². The van der Waals surface area contributed by atoms with Gasteiger partial charge in [0, 0.05) is 16.0 Å². The zero-order valence-electron chi connectivity index (χ0n) is 16.7. The van der Waals surface area contributed by atoms with Gasteiger partial charge in [0.15, 0.2) is 11.7 Å². The number of rotatable bonds is 8. The first kappa shape index (κ1) is 21.0. The Kier molecular flexibility index (Phi) is 6.54. The maximum absolute atomic E-state index is 13.0. The summed E-state index contributed by atoms with van der Waals surface area (Å²) in [6.07, 6.45) is 1.58. The number of anilines is 1. The Morgan fingerprint density at radius 2 is 1.84 bits per heavy atom. The Bertz CT molecular complexity index is 1130. The highest BCUT2D eigenvalue weighted by Gasteiger charge is 2.22. The number of halogens is 1. The van der Waals surface area contributed by atoms with Crippen LogP contribution in [0.5, 0.6) is 11.5 Å². The largest absolute Gasteiger partial charge is 0.497 e. The van der Waals surface area contributed by atoms with Crippen LogP contribution in [0.4, 0.5) is 5.13 Å². The van der Waals surface area contributed by atoms with Gasteiger partial charge in [0.2, 0.25) is 0 Å². The summed E-state index contributed by atoms with van der Waals surface area (Å²) in [6, 6.07) is 18.1. The third-order valence-electron chi connectivity index (χ3n) is 4.48. The molecule has 0 spiro atoms. The van der Waals surface area contributed by atoms with Gasteiger partial charge in [0.05, 0.1) is 25.6 Å². The Hall–Kier alpha value is -3.29. The summed E-state index contributed by atoms with van der Waals surface area (Å²) in [7, 11) is 1.63. The molecule has 0 aliphatic rings. The number of hydrogen-bond acceptors (Lipinski definition) is 6. The third-order valence-corrected chi connectivity index (χ3v) is 5.60. The summed E-state index contributed by atoms with van der Waals surface area (Å²) in [4.78, 5) is 19.3. The number of benzene rings is 2. The van der Waals surface area contributed by atoms with Crippen molar-refractivity contribution in [3.63, 3.8) is 0 Å². The third kappa shape index (κ3) is 5.25. The molecule has 31 heavy (non-hydrogen) atoms. The van der Waals surface area contributed by atoms with Crippen LogP contribution < -0.4 is 14.4 Å². The SMILES string of the molecule is COc1ccc(-c2csc(N(Cc3ccco3)C(=O)COc3ccc(Cl)cc3)n2)cc1. The Balaban J connectivity index is 1.53. The number of carbonyl (C=O) groups is 1. The van der Waals surface area contributed by atoms with Crippen molar-refractivity contribution in [3.05, 3.63) is 83.1 Å². The van der Waals surface area contributed by atoms with Gasteiger partial charge in [-0.2, -0.15) is 0 Å². The smallest absolute Gasteiger partial charge is 0.267 e. The molecular formula is C23H19ClN2O4S. The van der Waals surface area contributed by atoms with Gasteiger partial charge in [-0.05, 0) is 60.7 Å². The average Bonchev–Trinajstić information content (AvgIpc) is 3.49. The van der Waals surface area contributed by atoms with Crippen LogP contribution in [0.3, 0.4) is 0 Å². The summed E-state index contributed by atoms with van der Waals surface area (Å²) in [5.74, 6) is 1.75. The highest BCUT2D eigenvalue weighted by atomic mass is 35.5. The van der Waals surface area contributed by atoms with Crippen molar-refractivity contribution < 1.29 is 18.7 Å².